The third kappa shape index (κ3) is 6.71. The van der Waals surface area contributed by atoms with E-state index in [0.29, 0.717) is 24.8 Å². The Bertz CT molecular complexity index is 425. The van der Waals surface area contributed by atoms with Crippen molar-refractivity contribution in [2.75, 3.05) is 0 Å². The van der Waals surface area contributed by atoms with Crippen LogP contribution in [0.25, 0.3) is 0 Å². The molecule has 3 heteroatoms. The molecule has 2 atom stereocenters. The number of aliphatic hydroxyl groups excluding tert-OH is 2. The summed E-state index contributed by atoms with van der Waals surface area (Å²) in [6.07, 6.45) is 5.90. The van der Waals surface area contributed by atoms with Gasteiger partial charge in [0.2, 0.25) is 0 Å². The number of unbranched alkanes of at least 4 members (excludes halogenated alkanes) is 4. The molecule has 1 aromatic carbocycles. The van der Waals surface area contributed by atoms with Gasteiger partial charge in [0.25, 0.3) is 0 Å². The van der Waals surface area contributed by atoms with Gasteiger partial charge >= 0.3 is 0 Å². The van der Waals surface area contributed by atoms with Crippen LogP contribution < -0.4 is 0 Å². The zero-order valence-corrected chi connectivity index (χ0v) is 13.9. The molecule has 0 aromatic heterocycles. The van der Waals surface area contributed by atoms with Crippen molar-refractivity contribution in [1.29, 1.82) is 0 Å². The van der Waals surface area contributed by atoms with Crippen molar-refractivity contribution in [3.8, 4) is 0 Å². The molecule has 22 heavy (non-hydrogen) atoms. The van der Waals surface area contributed by atoms with Gasteiger partial charge in [0.1, 0.15) is 0 Å². The van der Waals surface area contributed by atoms with Crippen molar-refractivity contribution >= 4 is 5.78 Å². The average molecular weight is 306 g/mol. The highest BCUT2D eigenvalue weighted by atomic mass is 16.3. The summed E-state index contributed by atoms with van der Waals surface area (Å²) >= 11 is 0. The molecular weight excluding hydrogens is 276 g/mol. The maximum Gasteiger partial charge on any atom is 0.162 e. The SMILES string of the molecule is CCCCCCC[C@@H](O)[C@H](O)Cc1ccc(C(=O)CC)cc1. The summed E-state index contributed by atoms with van der Waals surface area (Å²) in [4.78, 5) is 11.6. The second-order valence-corrected chi connectivity index (χ2v) is 6.02. The van der Waals surface area contributed by atoms with Gasteiger partial charge in [0.15, 0.2) is 5.78 Å². The van der Waals surface area contributed by atoms with E-state index in [-0.39, 0.29) is 5.78 Å². The maximum absolute atomic E-state index is 11.6. The summed E-state index contributed by atoms with van der Waals surface area (Å²) < 4.78 is 0. The van der Waals surface area contributed by atoms with Crippen LogP contribution in [0.2, 0.25) is 0 Å². The Kier molecular flexibility index (Phi) is 9.02. The third-order valence-corrected chi connectivity index (χ3v) is 4.09. The number of carbonyl (C=O) groups is 1. The second-order valence-electron chi connectivity index (χ2n) is 6.02. The Balaban J connectivity index is 2.36. The molecule has 1 aromatic rings. The Morgan fingerprint density at radius 2 is 1.59 bits per heavy atom. The predicted molar refractivity (Wildman–Crippen MR) is 90.2 cm³/mol. The highest BCUT2D eigenvalue weighted by Crippen LogP contribution is 2.14. The molecule has 0 saturated carbocycles. The Hall–Kier alpha value is -1.19. The molecule has 0 unspecified atom stereocenters. The summed E-state index contributed by atoms with van der Waals surface area (Å²) in [6, 6.07) is 7.32. The van der Waals surface area contributed by atoms with Gasteiger partial charge in [-0.25, -0.2) is 0 Å². The van der Waals surface area contributed by atoms with Gasteiger partial charge < -0.3 is 10.2 Å². The first-order chi connectivity index (χ1) is 10.6. The highest BCUT2D eigenvalue weighted by Gasteiger charge is 2.16. The molecule has 0 fully saturated rings. The number of ketones is 1. The first-order valence-electron chi connectivity index (χ1n) is 8.56. The quantitative estimate of drug-likeness (QED) is 0.481. The molecule has 3 nitrogen and oxygen atoms in total. The van der Waals surface area contributed by atoms with Crippen LogP contribution in [0.5, 0.6) is 0 Å². The number of hydrogen-bond donors (Lipinski definition) is 2. The summed E-state index contributed by atoms with van der Waals surface area (Å²) in [6.45, 7) is 4.02. The van der Waals surface area contributed by atoms with Crippen LogP contribution >= 0.6 is 0 Å². The Morgan fingerprint density at radius 1 is 0.955 bits per heavy atom. The lowest BCUT2D eigenvalue weighted by molar-refractivity contribution is 0.0137. The standard InChI is InChI=1S/C19H30O3/c1-3-5-6-7-8-9-18(21)19(22)14-15-10-12-16(13-11-15)17(20)4-2/h10-13,18-19,21-22H,3-9,14H2,1-2H3/t18-,19-/m1/s1. The molecule has 2 N–H and O–H groups in total. The molecule has 0 aliphatic carbocycles. The van der Waals surface area contributed by atoms with E-state index < -0.39 is 12.2 Å². The van der Waals surface area contributed by atoms with E-state index >= 15 is 0 Å². The molecule has 0 amide bonds. The minimum atomic E-state index is -0.737. The molecule has 0 bridgehead atoms. The van der Waals surface area contributed by atoms with Gasteiger partial charge in [0.05, 0.1) is 12.2 Å². The lowest BCUT2D eigenvalue weighted by atomic mass is 9.98. The Labute approximate surface area is 134 Å². The zero-order chi connectivity index (χ0) is 16.4. The highest BCUT2D eigenvalue weighted by molar-refractivity contribution is 5.95. The van der Waals surface area contributed by atoms with Crippen molar-refractivity contribution in [2.24, 2.45) is 0 Å². The number of benzene rings is 1. The van der Waals surface area contributed by atoms with Crippen LogP contribution in [-0.4, -0.2) is 28.2 Å². The van der Waals surface area contributed by atoms with Crippen LogP contribution in [-0.2, 0) is 6.42 Å². The van der Waals surface area contributed by atoms with Gasteiger partial charge in [-0.2, -0.15) is 0 Å². The zero-order valence-electron chi connectivity index (χ0n) is 13.9. The number of carbonyl (C=O) groups excluding carboxylic acids is 1. The van der Waals surface area contributed by atoms with Crippen molar-refractivity contribution in [2.45, 2.75) is 77.4 Å². The van der Waals surface area contributed by atoms with Gasteiger partial charge in [-0.15, -0.1) is 0 Å². The molecule has 0 aliphatic rings. The van der Waals surface area contributed by atoms with E-state index in [2.05, 4.69) is 6.92 Å². The van der Waals surface area contributed by atoms with Gasteiger partial charge in [-0.05, 0) is 12.0 Å². The molecule has 124 valence electrons. The average Bonchev–Trinajstić information content (AvgIpc) is 2.54. The van der Waals surface area contributed by atoms with Crippen LogP contribution in [0.1, 0.15) is 74.7 Å². The van der Waals surface area contributed by atoms with Crippen molar-refractivity contribution in [3.05, 3.63) is 35.4 Å². The van der Waals surface area contributed by atoms with E-state index in [1.807, 2.05) is 19.1 Å². The predicted octanol–water partition coefficient (Wildman–Crippen LogP) is 3.90. The molecule has 0 spiro atoms. The summed E-state index contributed by atoms with van der Waals surface area (Å²) in [5, 5.41) is 20.1. The number of rotatable bonds is 11. The number of hydrogen-bond acceptors (Lipinski definition) is 3. The molecular formula is C19H30O3. The van der Waals surface area contributed by atoms with Crippen molar-refractivity contribution in [1.82, 2.24) is 0 Å². The third-order valence-electron chi connectivity index (χ3n) is 4.09. The van der Waals surface area contributed by atoms with Crippen molar-refractivity contribution < 1.29 is 15.0 Å². The van der Waals surface area contributed by atoms with E-state index in [1.54, 1.807) is 12.1 Å². The fraction of sp³-hybridized carbons (Fsp3) is 0.632. The molecule has 0 radical (unpaired) electrons. The fourth-order valence-electron chi connectivity index (χ4n) is 2.56. The van der Waals surface area contributed by atoms with E-state index in [0.717, 1.165) is 18.4 Å². The molecule has 0 aliphatic heterocycles. The maximum atomic E-state index is 11.6. The second kappa shape index (κ2) is 10.5. The van der Waals surface area contributed by atoms with Gasteiger partial charge in [0, 0.05) is 18.4 Å². The van der Waals surface area contributed by atoms with E-state index in [4.69, 9.17) is 0 Å². The smallest absolute Gasteiger partial charge is 0.162 e. The lowest BCUT2D eigenvalue weighted by Gasteiger charge is -2.18. The number of aliphatic hydroxyl groups is 2. The minimum Gasteiger partial charge on any atom is -0.390 e. The molecule has 0 heterocycles. The van der Waals surface area contributed by atoms with Crippen LogP contribution in [0.3, 0.4) is 0 Å². The van der Waals surface area contributed by atoms with E-state index in [1.165, 1.54) is 19.3 Å². The first kappa shape index (κ1) is 18.9. The lowest BCUT2D eigenvalue weighted by Crippen LogP contribution is -2.27. The summed E-state index contributed by atoms with van der Waals surface area (Å²) in [5.74, 6) is 0.124. The first-order valence-corrected chi connectivity index (χ1v) is 8.56. The number of Topliss-reactive ketones (excluding diaryl/α,β-unsaturated/α-hetero) is 1. The minimum absolute atomic E-state index is 0.124. The van der Waals surface area contributed by atoms with Gasteiger partial charge in [-0.1, -0.05) is 70.2 Å². The van der Waals surface area contributed by atoms with Crippen LogP contribution in [0.4, 0.5) is 0 Å². The summed E-state index contributed by atoms with van der Waals surface area (Å²) in [7, 11) is 0. The molecule has 1 rings (SSSR count). The largest absolute Gasteiger partial charge is 0.390 e. The van der Waals surface area contributed by atoms with Crippen LogP contribution in [0, 0.1) is 0 Å². The Morgan fingerprint density at radius 3 is 2.18 bits per heavy atom. The van der Waals surface area contributed by atoms with Gasteiger partial charge in [-0.3, -0.25) is 4.79 Å². The fourth-order valence-corrected chi connectivity index (χ4v) is 2.56. The van der Waals surface area contributed by atoms with Crippen LogP contribution in [0.15, 0.2) is 24.3 Å². The summed E-state index contributed by atoms with van der Waals surface area (Å²) in [5.41, 5.74) is 1.65. The topological polar surface area (TPSA) is 57.5 Å². The normalized spacial score (nSPS) is 13.8. The molecule has 0 saturated heterocycles. The van der Waals surface area contributed by atoms with E-state index in [9.17, 15) is 15.0 Å². The monoisotopic (exact) mass is 306 g/mol. The van der Waals surface area contributed by atoms with Crippen molar-refractivity contribution in [3.63, 3.8) is 0 Å².